The Morgan fingerprint density at radius 1 is 1.32 bits per heavy atom. The van der Waals surface area contributed by atoms with Gasteiger partial charge in [-0.05, 0) is 56.1 Å². The van der Waals surface area contributed by atoms with Gasteiger partial charge in [-0.15, -0.1) is 0 Å². The minimum Gasteiger partial charge on any atom is -0.366 e. The molecular weight excluding hydrogens is 294 g/mol. The molecule has 2 rings (SSSR count). The van der Waals surface area contributed by atoms with Gasteiger partial charge >= 0.3 is 0 Å². The standard InChI is InChI=1S/C19H24ClNO/c1-3-5-6-16(4-2)15-22-19(11-13-21-14-12-19)17-7-9-18(20)10-8-17/h3-10,21H,2,11-15H2,1H3/b5-3-,16-6+. The lowest BCUT2D eigenvalue weighted by molar-refractivity contribution is -0.0602. The molecule has 1 saturated heterocycles. The van der Waals surface area contributed by atoms with Crippen LogP contribution in [0.1, 0.15) is 25.3 Å². The van der Waals surface area contributed by atoms with Crippen LogP contribution in [0.15, 0.2) is 60.7 Å². The zero-order valence-electron chi connectivity index (χ0n) is 13.1. The zero-order chi connectivity index (χ0) is 15.8. The maximum Gasteiger partial charge on any atom is 0.0960 e. The van der Waals surface area contributed by atoms with E-state index in [1.54, 1.807) is 0 Å². The van der Waals surface area contributed by atoms with Gasteiger partial charge < -0.3 is 10.1 Å². The summed E-state index contributed by atoms with van der Waals surface area (Å²) in [5, 5.41) is 4.16. The summed E-state index contributed by atoms with van der Waals surface area (Å²) in [6, 6.07) is 8.04. The predicted molar refractivity (Wildman–Crippen MR) is 94.3 cm³/mol. The van der Waals surface area contributed by atoms with Crippen LogP contribution in [-0.4, -0.2) is 19.7 Å². The van der Waals surface area contributed by atoms with Crippen molar-refractivity contribution in [3.63, 3.8) is 0 Å². The molecule has 1 aliphatic rings. The Morgan fingerprint density at radius 2 is 2.00 bits per heavy atom. The molecule has 0 bridgehead atoms. The molecule has 0 atom stereocenters. The first kappa shape index (κ1) is 17.0. The molecule has 118 valence electrons. The molecule has 1 fully saturated rings. The first-order valence-corrected chi connectivity index (χ1v) is 8.13. The van der Waals surface area contributed by atoms with Crippen molar-refractivity contribution in [3.05, 3.63) is 71.3 Å². The summed E-state index contributed by atoms with van der Waals surface area (Å²) in [6.07, 6.45) is 9.84. The van der Waals surface area contributed by atoms with Gasteiger partial charge in [0.05, 0.1) is 12.2 Å². The molecule has 3 heteroatoms. The number of hydrogen-bond acceptors (Lipinski definition) is 2. The Kier molecular flexibility index (Phi) is 6.44. The van der Waals surface area contributed by atoms with Gasteiger partial charge in [0.1, 0.15) is 0 Å². The van der Waals surface area contributed by atoms with Gasteiger partial charge in [0.15, 0.2) is 0 Å². The van der Waals surface area contributed by atoms with E-state index in [4.69, 9.17) is 16.3 Å². The second kappa shape index (κ2) is 8.33. The van der Waals surface area contributed by atoms with Crippen molar-refractivity contribution in [1.82, 2.24) is 5.32 Å². The van der Waals surface area contributed by atoms with Crippen molar-refractivity contribution in [2.45, 2.75) is 25.4 Å². The predicted octanol–water partition coefficient (Wildman–Crippen LogP) is 4.62. The van der Waals surface area contributed by atoms with Crippen LogP contribution in [0.5, 0.6) is 0 Å². The van der Waals surface area contributed by atoms with E-state index in [1.165, 1.54) is 5.56 Å². The van der Waals surface area contributed by atoms with Gasteiger partial charge in [-0.2, -0.15) is 0 Å². The van der Waals surface area contributed by atoms with Crippen LogP contribution in [0, 0.1) is 0 Å². The van der Waals surface area contributed by atoms with E-state index in [2.05, 4.69) is 24.0 Å². The average molecular weight is 318 g/mol. The molecule has 1 heterocycles. The molecule has 0 radical (unpaired) electrons. The number of hydrogen-bond donors (Lipinski definition) is 1. The molecular formula is C19H24ClNO. The third kappa shape index (κ3) is 4.33. The van der Waals surface area contributed by atoms with Crippen LogP contribution >= 0.6 is 11.6 Å². The molecule has 2 nitrogen and oxygen atoms in total. The zero-order valence-corrected chi connectivity index (χ0v) is 13.9. The minimum atomic E-state index is -0.242. The molecule has 1 aromatic rings. The molecule has 0 spiro atoms. The van der Waals surface area contributed by atoms with Crippen LogP contribution in [0.25, 0.3) is 0 Å². The normalized spacial score (nSPS) is 18.5. The highest BCUT2D eigenvalue weighted by atomic mass is 35.5. The maximum atomic E-state index is 6.39. The Labute approximate surface area is 138 Å². The van der Waals surface area contributed by atoms with Crippen LogP contribution in [0.4, 0.5) is 0 Å². The minimum absolute atomic E-state index is 0.242. The first-order chi connectivity index (χ1) is 10.7. The van der Waals surface area contributed by atoms with Crippen LogP contribution < -0.4 is 5.32 Å². The van der Waals surface area contributed by atoms with Gasteiger partial charge in [0, 0.05) is 5.02 Å². The second-order valence-electron chi connectivity index (χ2n) is 5.51. The Balaban J connectivity index is 2.19. The SMILES string of the molecule is C=C/C(=C\C=C/C)COC1(c2ccc(Cl)cc2)CCNCC1. The lowest BCUT2D eigenvalue weighted by Gasteiger charge is -2.38. The Morgan fingerprint density at radius 3 is 2.59 bits per heavy atom. The first-order valence-electron chi connectivity index (χ1n) is 7.75. The van der Waals surface area contributed by atoms with Gasteiger partial charge in [0.2, 0.25) is 0 Å². The van der Waals surface area contributed by atoms with Gasteiger partial charge in [0.25, 0.3) is 0 Å². The van der Waals surface area contributed by atoms with Crippen molar-refractivity contribution >= 4 is 11.6 Å². The molecule has 22 heavy (non-hydrogen) atoms. The van der Waals surface area contributed by atoms with Gasteiger partial charge in [-0.3, -0.25) is 0 Å². The van der Waals surface area contributed by atoms with Crippen molar-refractivity contribution < 1.29 is 4.74 Å². The van der Waals surface area contributed by atoms with Gasteiger partial charge in [-0.1, -0.05) is 54.6 Å². The summed E-state index contributed by atoms with van der Waals surface area (Å²) in [5.74, 6) is 0. The number of allylic oxidation sites excluding steroid dienone is 3. The summed E-state index contributed by atoms with van der Waals surface area (Å²) >= 11 is 6.02. The molecule has 1 aromatic carbocycles. The Hall–Kier alpha value is -1.35. The lowest BCUT2D eigenvalue weighted by atomic mass is 9.84. The second-order valence-corrected chi connectivity index (χ2v) is 5.95. The smallest absolute Gasteiger partial charge is 0.0960 e. The summed E-state index contributed by atoms with van der Waals surface area (Å²) in [7, 11) is 0. The summed E-state index contributed by atoms with van der Waals surface area (Å²) in [4.78, 5) is 0. The molecule has 0 saturated carbocycles. The molecule has 0 unspecified atom stereocenters. The summed E-state index contributed by atoms with van der Waals surface area (Å²) < 4.78 is 6.39. The number of halogens is 1. The quantitative estimate of drug-likeness (QED) is 0.773. The number of ether oxygens (including phenoxy) is 1. The topological polar surface area (TPSA) is 21.3 Å². The van der Waals surface area contributed by atoms with E-state index >= 15 is 0 Å². The van der Waals surface area contributed by atoms with Crippen molar-refractivity contribution in [3.8, 4) is 0 Å². The van der Waals surface area contributed by atoms with E-state index in [-0.39, 0.29) is 5.60 Å². The largest absolute Gasteiger partial charge is 0.366 e. The maximum absolute atomic E-state index is 6.39. The van der Waals surface area contributed by atoms with Crippen molar-refractivity contribution in [1.29, 1.82) is 0 Å². The van der Waals surface area contributed by atoms with Crippen LogP contribution in [0.2, 0.25) is 5.02 Å². The summed E-state index contributed by atoms with van der Waals surface area (Å²) in [6.45, 7) is 8.36. The number of piperidine rings is 1. The average Bonchev–Trinajstić information content (AvgIpc) is 2.56. The number of benzene rings is 1. The Bertz CT molecular complexity index is 539. The molecule has 0 aromatic heterocycles. The highest BCUT2D eigenvalue weighted by Crippen LogP contribution is 2.35. The number of nitrogens with one attached hydrogen (secondary N) is 1. The van der Waals surface area contributed by atoms with Crippen LogP contribution in [-0.2, 0) is 10.3 Å². The third-order valence-corrected chi connectivity index (χ3v) is 4.31. The number of rotatable bonds is 6. The molecule has 1 N–H and O–H groups in total. The molecule has 0 amide bonds. The molecule has 1 aliphatic heterocycles. The third-order valence-electron chi connectivity index (χ3n) is 4.06. The van der Waals surface area contributed by atoms with E-state index in [9.17, 15) is 0 Å². The highest BCUT2D eigenvalue weighted by molar-refractivity contribution is 6.30. The van der Waals surface area contributed by atoms with E-state index < -0.39 is 0 Å². The highest BCUT2D eigenvalue weighted by Gasteiger charge is 2.34. The fraction of sp³-hybridized carbons (Fsp3) is 0.368. The summed E-state index contributed by atoms with van der Waals surface area (Å²) in [5.41, 5.74) is 2.05. The van der Waals surface area contributed by atoms with Gasteiger partial charge in [-0.25, -0.2) is 0 Å². The van der Waals surface area contributed by atoms with Crippen molar-refractivity contribution in [2.24, 2.45) is 0 Å². The lowest BCUT2D eigenvalue weighted by Crippen LogP contribution is -2.42. The van der Waals surface area contributed by atoms with E-state index in [1.807, 2.05) is 43.4 Å². The van der Waals surface area contributed by atoms with Crippen molar-refractivity contribution in [2.75, 3.05) is 19.7 Å². The molecule has 0 aliphatic carbocycles. The van der Waals surface area contributed by atoms with Crippen LogP contribution in [0.3, 0.4) is 0 Å². The fourth-order valence-corrected chi connectivity index (χ4v) is 2.84. The monoisotopic (exact) mass is 317 g/mol. The fourth-order valence-electron chi connectivity index (χ4n) is 2.72. The van der Waals surface area contributed by atoms with E-state index in [0.29, 0.717) is 6.61 Å². The van der Waals surface area contributed by atoms with E-state index in [0.717, 1.165) is 36.5 Å².